The maximum Gasteiger partial charge on any atom is 0.407 e. The van der Waals surface area contributed by atoms with Crippen LogP contribution in [-0.2, 0) is 23.7 Å². The van der Waals surface area contributed by atoms with Gasteiger partial charge in [-0.3, -0.25) is 4.79 Å². The van der Waals surface area contributed by atoms with Crippen molar-refractivity contribution in [2.45, 2.75) is 63.9 Å². The summed E-state index contributed by atoms with van der Waals surface area (Å²) in [5.41, 5.74) is 13.4. The second-order valence-electron chi connectivity index (χ2n) is 10.4. The van der Waals surface area contributed by atoms with Crippen LogP contribution in [0.2, 0.25) is 0 Å². The summed E-state index contributed by atoms with van der Waals surface area (Å²) in [7, 11) is 1.38. The molecule has 1 fully saturated rings. The first-order valence-corrected chi connectivity index (χ1v) is 13.9. The molecule has 5 atom stereocenters. The first kappa shape index (κ1) is 29.4. The average molecular weight is 551 g/mol. The Hall–Kier alpha value is -3.59. The van der Waals surface area contributed by atoms with Crippen molar-refractivity contribution in [3.05, 3.63) is 70.1 Å². The fourth-order valence-corrected chi connectivity index (χ4v) is 5.59. The fraction of sp³-hybridized carbons (Fsp3) is 0.533. The highest BCUT2D eigenvalue weighted by atomic mass is 16.7. The van der Waals surface area contributed by atoms with Crippen molar-refractivity contribution in [1.82, 2.24) is 5.32 Å². The van der Waals surface area contributed by atoms with Crippen LogP contribution < -0.4 is 5.32 Å². The smallest absolute Gasteiger partial charge is 0.407 e. The number of nitrogens with one attached hydrogen (secondary N) is 1. The second-order valence-corrected chi connectivity index (χ2v) is 10.4. The number of azide groups is 1. The third kappa shape index (κ3) is 6.94. The fourth-order valence-electron chi connectivity index (χ4n) is 5.59. The van der Waals surface area contributed by atoms with Crippen molar-refractivity contribution in [3.8, 4) is 11.1 Å². The van der Waals surface area contributed by atoms with Gasteiger partial charge in [0.05, 0.1) is 25.8 Å². The molecule has 2 aromatic carbocycles. The summed E-state index contributed by atoms with van der Waals surface area (Å²) in [4.78, 5) is 27.3. The number of ether oxygens (including phenoxy) is 4. The number of benzene rings is 2. The molecule has 0 spiro atoms. The Kier molecular flexibility index (Phi) is 10.4. The number of carbonyl (C=O) groups is 2. The monoisotopic (exact) mass is 550 g/mol. The maximum absolute atomic E-state index is 13.1. The Morgan fingerprint density at radius 2 is 1.68 bits per heavy atom. The van der Waals surface area contributed by atoms with Gasteiger partial charge in [0.25, 0.3) is 0 Å². The van der Waals surface area contributed by atoms with Crippen LogP contribution in [0.1, 0.15) is 56.6 Å². The van der Waals surface area contributed by atoms with Gasteiger partial charge in [-0.1, -0.05) is 73.9 Å². The number of carbonyl (C=O) groups excluding carboxylic acids is 2. The summed E-state index contributed by atoms with van der Waals surface area (Å²) < 4.78 is 22.7. The van der Waals surface area contributed by atoms with Crippen LogP contribution >= 0.6 is 0 Å². The van der Waals surface area contributed by atoms with Crippen LogP contribution in [0.25, 0.3) is 21.6 Å². The van der Waals surface area contributed by atoms with Crippen LogP contribution in [0.5, 0.6) is 0 Å². The van der Waals surface area contributed by atoms with Crippen LogP contribution in [0, 0.1) is 11.8 Å². The summed E-state index contributed by atoms with van der Waals surface area (Å²) in [5.74, 6) is -0.295. The molecule has 10 nitrogen and oxygen atoms in total. The third-order valence-electron chi connectivity index (χ3n) is 8.07. The number of nitrogens with zero attached hydrogens (tertiary/aromatic N) is 3. The number of hydrogen-bond acceptors (Lipinski definition) is 7. The number of rotatable bonds is 12. The maximum atomic E-state index is 13.1. The van der Waals surface area contributed by atoms with E-state index in [1.165, 1.54) is 18.2 Å². The van der Waals surface area contributed by atoms with E-state index in [0.29, 0.717) is 19.4 Å². The lowest BCUT2D eigenvalue weighted by Crippen LogP contribution is -2.58. The normalized spacial score (nSPS) is 23.4. The van der Waals surface area contributed by atoms with Crippen molar-refractivity contribution in [1.29, 1.82) is 0 Å². The minimum absolute atomic E-state index is 0.00397. The van der Waals surface area contributed by atoms with E-state index in [4.69, 9.17) is 19.7 Å². The number of hydrogen-bond donors (Lipinski definition) is 1. The number of methoxy groups -OCH3 is 1. The van der Waals surface area contributed by atoms with Crippen LogP contribution in [0.4, 0.5) is 4.79 Å². The van der Waals surface area contributed by atoms with E-state index in [9.17, 15) is 9.59 Å². The van der Waals surface area contributed by atoms with E-state index in [2.05, 4.69) is 44.3 Å². The lowest BCUT2D eigenvalue weighted by atomic mass is 9.82. The molecule has 1 saturated heterocycles. The van der Waals surface area contributed by atoms with Gasteiger partial charge in [-0.05, 0) is 52.5 Å². The highest BCUT2D eigenvalue weighted by Crippen LogP contribution is 2.44. The first-order valence-electron chi connectivity index (χ1n) is 13.9. The molecule has 0 radical (unpaired) electrons. The van der Waals surface area contributed by atoms with E-state index >= 15 is 0 Å². The lowest BCUT2D eigenvalue weighted by molar-refractivity contribution is -0.232. The molecule has 10 heteroatoms. The molecule has 1 heterocycles. The van der Waals surface area contributed by atoms with Crippen molar-refractivity contribution < 1.29 is 28.5 Å². The van der Waals surface area contributed by atoms with Gasteiger partial charge in [0, 0.05) is 23.9 Å². The van der Waals surface area contributed by atoms with E-state index in [1.54, 1.807) is 0 Å². The largest absolute Gasteiger partial charge is 0.469 e. The van der Waals surface area contributed by atoms with Gasteiger partial charge in [-0.15, -0.1) is 0 Å². The molecule has 0 aromatic heterocycles. The summed E-state index contributed by atoms with van der Waals surface area (Å²) >= 11 is 0. The predicted molar refractivity (Wildman–Crippen MR) is 149 cm³/mol. The van der Waals surface area contributed by atoms with Crippen molar-refractivity contribution in [2.24, 2.45) is 17.0 Å². The topological polar surface area (TPSA) is 132 Å². The van der Waals surface area contributed by atoms with Gasteiger partial charge in [-0.25, -0.2) is 4.79 Å². The molecule has 2 aliphatic rings. The lowest BCUT2D eigenvalue weighted by Gasteiger charge is -2.44. The quantitative estimate of drug-likeness (QED) is 0.114. The molecule has 0 saturated carbocycles. The van der Waals surface area contributed by atoms with E-state index < -0.39 is 18.4 Å². The average Bonchev–Trinajstić information content (AvgIpc) is 3.29. The van der Waals surface area contributed by atoms with Gasteiger partial charge in [0.15, 0.2) is 6.29 Å². The second kappa shape index (κ2) is 14.2. The van der Waals surface area contributed by atoms with Crippen LogP contribution in [0.15, 0.2) is 53.6 Å². The van der Waals surface area contributed by atoms with Crippen LogP contribution in [-0.4, -0.2) is 57.4 Å². The van der Waals surface area contributed by atoms with Crippen molar-refractivity contribution in [2.75, 3.05) is 26.9 Å². The zero-order valence-corrected chi connectivity index (χ0v) is 23.3. The summed E-state index contributed by atoms with van der Waals surface area (Å²) in [6.07, 6.45) is 0.984. The van der Waals surface area contributed by atoms with Gasteiger partial charge in [-0.2, -0.15) is 0 Å². The third-order valence-corrected chi connectivity index (χ3v) is 8.07. The molecule has 1 N–H and O–H groups in total. The molecule has 2 aromatic rings. The standard InChI is InChI=1S/C30H38N4O6/c1-19-20(2)28(29(40-26(19)17-32-34-31)38-16-10-4-5-15-27(35)37-3)33-30(36)39-18-25-23-13-8-6-11-21(23)22-12-7-9-14-24(22)25/h6-9,11-14,19-20,25-26,28-29H,4-5,10,15-18H2,1-3H3,(H,33,36). The van der Waals surface area contributed by atoms with Gasteiger partial charge in [0.2, 0.25) is 0 Å². The number of unbranched alkanes of at least 4 members (excludes halogenated alkanes) is 2. The zero-order chi connectivity index (χ0) is 28.5. The Labute approximate surface area is 235 Å². The molecular weight excluding hydrogens is 512 g/mol. The van der Waals surface area contributed by atoms with E-state index in [-0.39, 0.29) is 43.0 Å². The molecule has 0 bridgehead atoms. The molecule has 1 aliphatic carbocycles. The van der Waals surface area contributed by atoms with Gasteiger partial charge in [0.1, 0.15) is 6.61 Å². The zero-order valence-electron chi connectivity index (χ0n) is 23.3. The van der Waals surface area contributed by atoms with Gasteiger partial charge < -0.3 is 24.3 Å². The molecule has 214 valence electrons. The summed E-state index contributed by atoms with van der Waals surface area (Å²) in [6, 6.07) is 16.0. The first-order chi connectivity index (χ1) is 19.4. The Morgan fingerprint density at radius 3 is 2.33 bits per heavy atom. The molecule has 4 rings (SSSR count). The molecular formula is C30H38N4O6. The summed E-state index contributed by atoms with van der Waals surface area (Å²) in [5, 5.41) is 6.70. The predicted octanol–water partition coefficient (Wildman–Crippen LogP) is 5.95. The van der Waals surface area contributed by atoms with Crippen molar-refractivity contribution in [3.63, 3.8) is 0 Å². The van der Waals surface area contributed by atoms with E-state index in [0.717, 1.165) is 24.0 Å². The Bertz CT molecular complexity index is 1170. The Morgan fingerprint density at radius 1 is 1.00 bits per heavy atom. The minimum Gasteiger partial charge on any atom is -0.469 e. The molecule has 1 amide bonds. The summed E-state index contributed by atoms with van der Waals surface area (Å²) in [6.45, 7) is 4.82. The van der Waals surface area contributed by atoms with Crippen molar-refractivity contribution >= 4 is 12.1 Å². The van der Waals surface area contributed by atoms with Crippen LogP contribution in [0.3, 0.4) is 0 Å². The molecule has 40 heavy (non-hydrogen) atoms. The molecule has 1 aliphatic heterocycles. The SMILES string of the molecule is COC(=O)CCCCCOC1OC(CN=[N+]=[N-])C(C)C(C)C1NC(=O)OCC1c2ccccc2-c2ccccc21. The number of alkyl carbamates (subject to hydrolysis) is 1. The van der Waals surface area contributed by atoms with Gasteiger partial charge >= 0.3 is 12.1 Å². The number of amides is 1. The molecule has 5 unspecified atom stereocenters. The highest BCUT2D eigenvalue weighted by Gasteiger charge is 2.43. The Balaban J connectivity index is 1.37. The highest BCUT2D eigenvalue weighted by molar-refractivity contribution is 5.79. The minimum atomic E-state index is -0.730. The number of esters is 1. The number of fused-ring (bicyclic) bond motifs is 3. The van der Waals surface area contributed by atoms with E-state index in [1.807, 2.05) is 38.1 Å².